The van der Waals surface area contributed by atoms with E-state index in [1.165, 1.54) is 5.56 Å². The molecule has 0 saturated carbocycles. The van der Waals surface area contributed by atoms with Crippen LogP contribution in [0.4, 0.5) is 0 Å². The van der Waals surface area contributed by atoms with Gasteiger partial charge in [-0.2, -0.15) is 0 Å². The molecule has 1 fully saturated rings. The van der Waals surface area contributed by atoms with E-state index in [-0.39, 0.29) is 5.91 Å². The number of carbonyl (C=O) groups is 1. The van der Waals surface area contributed by atoms with Gasteiger partial charge in [0.1, 0.15) is 0 Å². The number of hydrogen-bond donors (Lipinski definition) is 0. The van der Waals surface area contributed by atoms with E-state index in [0.29, 0.717) is 32.2 Å². The van der Waals surface area contributed by atoms with Gasteiger partial charge in [-0.3, -0.25) is 4.79 Å². The highest BCUT2D eigenvalue weighted by Crippen LogP contribution is 2.19. The van der Waals surface area contributed by atoms with Gasteiger partial charge in [-0.15, -0.1) is 0 Å². The molecule has 1 aliphatic rings. The van der Waals surface area contributed by atoms with E-state index in [4.69, 9.17) is 4.74 Å². The maximum atomic E-state index is 12.2. The molecule has 1 saturated heterocycles. The maximum absolute atomic E-state index is 12.2. The van der Waals surface area contributed by atoms with Gasteiger partial charge in [0.05, 0.1) is 13.2 Å². The van der Waals surface area contributed by atoms with E-state index >= 15 is 0 Å². The maximum Gasteiger partial charge on any atom is 0.254 e. The minimum atomic E-state index is 0.119. The van der Waals surface area contributed by atoms with Crippen LogP contribution in [0.3, 0.4) is 0 Å². The predicted octanol–water partition coefficient (Wildman–Crippen LogP) is 2.67. The van der Waals surface area contributed by atoms with E-state index in [1.807, 2.05) is 17.0 Å². The molecule has 3 nitrogen and oxygen atoms in total. The van der Waals surface area contributed by atoms with Gasteiger partial charge in [0.2, 0.25) is 0 Å². The second-order valence-electron chi connectivity index (χ2n) is 4.84. The lowest BCUT2D eigenvalue weighted by molar-refractivity contribution is 0.0303. The van der Waals surface area contributed by atoms with Crippen molar-refractivity contribution in [2.45, 2.75) is 26.2 Å². The Morgan fingerprint density at radius 3 is 2.44 bits per heavy atom. The second-order valence-corrected chi connectivity index (χ2v) is 4.84. The molecule has 1 aromatic carbocycles. The molecule has 0 aliphatic carbocycles. The molecule has 1 heterocycles. The Morgan fingerprint density at radius 1 is 1.28 bits per heavy atom. The quantitative estimate of drug-likeness (QED) is 0.822. The molecule has 1 atom stereocenters. The van der Waals surface area contributed by atoms with E-state index in [2.05, 4.69) is 26.0 Å². The van der Waals surface area contributed by atoms with Crippen molar-refractivity contribution in [1.29, 1.82) is 0 Å². The Labute approximate surface area is 109 Å². The van der Waals surface area contributed by atoms with E-state index in [1.54, 1.807) is 0 Å². The number of carbonyl (C=O) groups excluding carboxylic acids is 1. The lowest BCUT2D eigenvalue weighted by Gasteiger charge is -2.27. The average Bonchev–Trinajstić information content (AvgIpc) is 2.47. The van der Waals surface area contributed by atoms with Gasteiger partial charge in [0, 0.05) is 18.7 Å². The SMILES string of the molecule is CCC(C)c1ccc(C(=O)N2CCOCC2)cc1. The van der Waals surface area contributed by atoms with Gasteiger partial charge in [0.15, 0.2) is 0 Å². The highest BCUT2D eigenvalue weighted by atomic mass is 16.5. The molecule has 1 amide bonds. The fraction of sp³-hybridized carbons (Fsp3) is 0.533. The molecular weight excluding hydrogens is 226 g/mol. The largest absolute Gasteiger partial charge is 0.378 e. The summed E-state index contributed by atoms with van der Waals surface area (Å²) in [5, 5.41) is 0. The first-order chi connectivity index (χ1) is 8.72. The standard InChI is InChI=1S/C15H21NO2/c1-3-12(2)13-4-6-14(7-5-13)15(17)16-8-10-18-11-9-16/h4-7,12H,3,8-11H2,1-2H3. The zero-order chi connectivity index (χ0) is 13.0. The van der Waals surface area contributed by atoms with Crippen LogP contribution in [0.5, 0.6) is 0 Å². The molecule has 18 heavy (non-hydrogen) atoms. The van der Waals surface area contributed by atoms with Crippen LogP contribution in [0.15, 0.2) is 24.3 Å². The molecule has 0 aromatic heterocycles. The molecule has 98 valence electrons. The number of hydrogen-bond acceptors (Lipinski definition) is 2. The number of ether oxygens (including phenoxy) is 1. The summed E-state index contributed by atoms with van der Waals surface area (Å²) in [5.41, 5.74) is 2.08. The lowest BCUT2D eigenvalue weighted by Crippen LogP contribution is -2.40. The fourth-order valence-corrected chi connectivity index (χ4v) is 2.14. The Hall–Kier alpha value is -1.35. The summed E-state index contributed by atoms with van der Waals surface area (Å²) in [7, 11) is 0. The summed E-state index contributed by atoms with van der Waals surface area (Å²) in [6.45, 7) is 7.08. The normalized spacial score (nSPS) is 17.6. The number of nitrogens with zero attached hydrogens (tertiary/aromatic N) is 1. The van der Waals surface area contributed by atoms with Crippen LogP contribution in [0.2, 0.25) is 0 Å². The van der Waals surface area contributed by atoms with Gasteiger partial charge in [-0.25, -0.2) is 0 Å². The number of rotatable bonds is 3. The van der Waals surface area contributed by atoms with Gasteiger partial charge in [0.25, 0.3) is 5.91 Å². The van der Waals surface area contributed by atoms with Gasteiger partial charge < -0.3 is 9.64 Å². The smallest absolute Gasteiger partial charge is 0.254 e. The minimum absolute atomic E-state index is 0.119. The van der Waals surface area contributed by atoms with E-state index in [0.717, 1.165) is 12.0 Å². The monoisotopic (exact) mass is 247 g/mol. The topological polar surface area (TPSA) is 29.5 Å². The molecule has 1 unspecified atom stereocenters. The van der Waals surface area contributed by atoms with Crippen molar-refractivity contribution in [2.24, 2.45) is 0 Å². The average molecular weight is 247 g/mol. The summed E-state index contributed by atoms with van der Waals surface area (Å²) in [6, 6.07) is 8.03. The molecule has 1 aliphatic heterocycles. The number of benzene rings is 1. The number of morpholine rings is 1. The van der Waals surface area contributed by atoms with E-state index in [9.17, 15) is 4.79 Å². The fourth-order valence-electron chi connectivity index (χ4n) is 2.14. The van der Waals surface area contributed by atoms with Crippen LogP contribution < -0.4 is 0 Å². The Balaban J connectivity index is 2.06. The van der Waals surface area contributed by atoms with Crippen LogP contribution >= 0.6 is 0 Å². The van der Waals surface area contributed by atoms with Gasteiger partial charge in [-0.1, -0.05) is 26.0 Å². The highest BCUT2D eigenvalue weighted by molar-refractivity contribution is 5.94. The molecule has 0 N–H and O–H groups in total. The molecule has 2 rings (SSSR count). The Kier molecular flexibility index (Phi) is 4.37. The van der Waals surface area contributed by atoms with Crippen molar-refractivity contribution < 1.29 is 9.53 Å². The van der Waals surface area contributed by atoms with Gasteiger partial charge in [-0.05, 0) is 30.0 Å². The summed E-state index contributed by atoms with van der Waals surface area (Å²) < 4.78 is 5.26. The molecule has 0 radical (unpaired) electrons. The predicted molar refractivity (Wildman–Crippen MR) is 71.9 cm³/mol. The molecule has 0 spiro atoms. The summed E-state index contributed by atoms with van der Waals surface area (Å²) in [5.74, 6) is 0.673. The zero-order valence-corrected chi connectivity index (χ0v) is 11.2. The Bertz CT molecular complexity index is 393. The summed E-state index contributed by atoms with van der Waals surface area (Å²) >= 11 is 0. The third-order valence-electron chi connectivity index (χ3n) is 3.64. The molecule has 0 bridgehead atoms. The summed E-state index contributed by atoms with van der Waals surface area (Å²) in [4.78, 5) is 14.1. The van der Waals surface area contributed by atoms with E-state index < -0.39 is 0 Å². The third-order valence-corrected chi connectivity index (χ3v) is 3.64. The first-order valence-corrected chi connectivity index (χ1v) is 6.69. The minimum Gasteiger partial charge on any atom is -0.378 e. The molecule has 1 aromatic rings. The lowest BCUT2D eigenvalue weighted by atomic mass is 9.97. The summed E-state index contributed by atoms with van der Waals surface area (Å²) in [6.07, 6.45) is 1.12. The van der Waals surface area contributed by atoms with Gasteiger partial charge >= 0.3 is 0 Å². The van der Waals surface area contributed by atoms with Crippen LogP contribution in [0.1, 0.15) is 42.1 Å². The van der Waals surface area contributed by atoms with Crippen molar-refractivity contribution in [1.82, 2.24) is 4.90 Å². The molecule has 3 heteroatoms. The van der Waals surface area contributed by atoms with Crippen molar-refractivity contribution >= 4 is 5.91 Å². The highest BCUT2D eigenvalue weighted by Gasteiger charge is 2.18. The molecular formula is C15H21NO2. The number of amides is 1. The van der Waals surface area contributed by atoms with Crippen molar-refractivity contribution in [3.63, 3.8) is 0 Å². The third kappa shape index (κ3) is 2.91. The van der Waals surface area contributed by atoms with Crippen LogP contribution in [-0.2, 0) is 4.74 Å². The first-order valence-electron chi connectivity index (χ1n) is 6.69. The second kappa shape index (κ2) is 6.01. The first kappa shape index (κ1) is 13.1. The zero-order valence-electron chi connectivity index (χ0n) is 11.2. The van der Waals surface area contributed by atoms with Crippen molar-refractivity contribution in [3.05, 3.63) is 35.4 Å². The van der Waals surface area contributed by atoms with Crippen LogP contribution in [0.25, 0.3) is 0 Å². The van der Waals surface area contributed by atoms with Crippen LogP contribution in [-0.4, -0.2) is 37.1 Å². The van der Waals surface area contributed by atoms with Crippen molar-refractivity contribution in [2.75, 3.05) is 26.3 Å². The van der Waals surface area contributed by atoms with Crippen molar-refractivity contribution in [3.8, 4) is 0 Å². The Morgan fingerprint density at radius 2 is 1.89 bits per heavy atom. The van der Waals surface area contributed by atoms with Crippen LogP contribution in [0, 0.1) is 0 Å².